The zero-order chi connectivity index (χ0) is 15.5. The standard InChI is InChI=1S/C16H21FO4/c1-16(2,3)15(18)11-4-5-13(20-10-17)14(8-11)21-12-6-7-19-9-12/h4-5,8,12H,6-7,9-10H2,1-3H3. The largest absolute Gasteiger partial charge is 0.484 e. The fourth-order valence-corrected chi connectivity index (χ4v) is 2.14. The van der Waals surface area contributed by atoms with E-state index in [1.165, 1.54) is 0 Å². The summed E-state index contributed by atoms with van der Waals surface area (Å²) in [5.41, 5.74) is 0.0403. The average Bonchev–Trinajstić information content (AvgIpc) is 2.92. The van der Waals surface area contributed by atoms with Crippen LogP contribution in [0.15, 0.2) is 18.2 Å². The molecule has 0 aromatic heterocycles. The van der Waals surface area contributed by atoms with Crippen LogP contribution in [-0.4, -0.2) is 32.0 Å². The highest BCUT2D eigenvalue weighted by molar-refractivity contribution is 6.00. The van der Waals surface area contributed by atoms with Crippen LogP contribution in [-0.2, 0) is 4.74 Å². The van der Waals surface area contributed by atoms with Crippen LogP contribution in [0, 0.1) is 5.41 Å². The van der Waals surface area contributed by atoms with Gasteiger partial charge in [-0.15, -0.1) is 0 Å². The molecule has 0 spiro atoms. The number of rotatable bonds is 5. The number of hydrogen-bond acceptors (Lipinski definition) is 4. The monoisotopic (exact) mass is 296 g/mol. The summed E-state index contributed by atoms with van der Waals surface area (Å²) < 4.78 is 28.4. The number of alkyl halides is 1. The number of Topliss-reactive ketones (excluding diaryl/α,β-unsaturated/α-hetero) is 1. The van der Waals surface area contributed by atoms with E-state index in [1.54, 1.807) is 18.2 Å². The molecular weight excluding hydrogens is 275 g/mol. The maximum atomic E-state index is 12.5. The Morgan fingerprint density at radius 3 is 2.71 bits per heavy atom. The Morgan fingerprint density at radius 1 is 1.38 bits per heavy atom. The van der Waals surface area contributed by atoms with E-state index in [0.717, 1.165) is 6.42 Å². The highest BCUT2D eigenvalue weighted by Crippen LogP contribution is 2.33. The molecule has 0 radical (unpaired) electrons. The number of carbonyl (C=O) groups is 1. The minimum absolute atomic E-state index is 0.00169. The van der Waals surface area contributed by atoms with Crippen LogP contribution >= 0.6 is 0 Å². The van der Waals surface area contributed by atoms with Gasteiger partial charge in [-0.05, 0) is 18.2 Å². The molecular formula is C16H21FO4. The molecule has 2 rings (SSSR count). The van der Waals surface area contributed by atoms with Crippen molar-refractivity contribution in [3.8, 4) is 11.5 Å². The lowest BCUT2D eigenvalue weighted by Crippen LogP contribution is -2.21. The summed E-state index contributed by atoms with van der Waals surface area (Å²) in [6.07, 6.45) is 0.680. The minimum atomic E-state index is -0.940. The molecule has 0 amide bonds. The van der Waals surface area contributed by atoms with Crippen molar-refractivity contribution in [3.05, 3.63) is 23.8 Å². The van der Waals surface area contributed by atoms with Crippen molar-refractivity contribution in [2.45, 2.75) is 33.3 Å². The first kappa shape index (κ1) is 15.8. The third-order valence-electron chi connectivity index (χ3n) is 3.28. The van der Waals surface area contributed by atoms with Crippen LogP contribution in [0.1, 0.15) is 37.6 Å². The SMILES string of the molecule is CC(C)(C)C(=O)c1ccc(OCF)c(OC2CCOC2)c1. The fraction of sp³-hybridized carbons (Fsp3) is 0.562. The molecule has 1 aliphatic rings. The third kappa shape index (κ3) is 3.94. The normalized spacial score (nSPS) is 18.6. The molecule has 4 nitrogen and oxygen atoms in total. The van der Waals surface area contributed by atoms with Crippen LogP contribution in [0.5, 0.6) is 11.5 Å². The minimum Gasteiger partial charge on any atom is -0.484 e. The van der Waals surface area contributed by atoms with Gasteiger partial charge >= 0.3 is 0 Å². The van der Waals surface area contributed by atoms with Crippen LogP contribution in [0.25, 0.3) is 0 Å². The van der Waals surface area contributed by atoms with E-state index in [-0.39, 0.29) is 11.9 Å². The molecule has 1 aliphatic heterocycles. The lowest BCUT2D eigenvalue weighted by atomic mass is 9.86. The van der Waals surface area contributed by atoms with Gasteiger partial charge in [0.2, 0.25) is 6.86 Å². The molecule has 0 saturated carbocycles. The topological polar surface area (TPSA) is 44.8 Å². The first-order valence-electron chi connectivity index (χ1n) is 7.04. The summed E-state index contributed by atoms with van der Waals surface area (Å²) in [6, 6.07) is 4.83. The Balaban J connectivity index is 2.27. The summed E-state index contributed by atoms with van der Waals surface area (Å²) >= 11 is 0. The Labute approximate surface area is 124 Å². The average molecular weight is 296 g/mol. The lowest BCUT2D eigenvalue weighted by Gasteiger charge is -2.19. The van der Waals surface area contributed by atoms with E-state index in [2.05, 4.69) is 0 Å². The molecule has 1 aromatic carbocycles. The second kappa shape index (κ2) is 6.43. The number of ether oxygens (including phenoxy) is 3. The van der Waals surface area contributed by atoms with Crippen molar-refractivity contribution >= 4 is 5.78 Å². The lowest BCUT2D eigenvalue weighted by molar-refractivity contribution is 0.0857. The van der Waals surface area contributed by atoms with Gasteiger partial charge in [-0.25, -0.2) is 4.39 Å². The highest BCUT2D eigenvalue weighted by Gasteiger charge is 2.25. The van der Waals surface area contributed by atoms with Gasteiger partial charge in [0.15, 0.2) is 17.3 Å². The molecule has 1 heterocycles. The van der Waals surface area contributed by atoms with Gasteiger partial charge in [0.1, 0.15) is 6.10 Å². The number of benzene rings is 1. The number of hydrogen-bond donors (Lipinski definition) is 0. The molecule has 0 N–H and O–H groups in total. The first-order valence-corrected chi connectivity index (χ1v) is 7.04. The van der Waals surface area contributed by atoms with Gasteiger partial charge < -0.3 is 14.2 Å². The van der Waals surface area contributed by atoms with Gasteiger partial charge in [0.25, 0.3) is 0 Å². The Bertz CT molecular complexity index is 501. The van der Waals surface area contributed by atoms with Gasteiger partial charge in [-0.1, -0.05) is 20.8 Å². The van der Waals surface area contributed by atoms with E-state index in [9.17, 15) is 9.18 Å². The van der Waals surface area contributed by atoms with Gasteiger partial charge in [0, 0.05) is 17.4 Å². The van der Waals surface area contributed by atoms with Gasteiger partial charge in [-0.2, -0.15) is 0 Å². The highest BCUT2D eigenvalue weighted by atomic mass is 19.1. The molecule has 5 heteroatoms. The number of halogens is 1. The van der Waals surface area contributed by atoms with Crippen LogP contribution in [0.2, 0.25) is 0 Å². The summed E-state index contributed by atoms with van der Waals surface area (Å²) in [4.78, 5) is 12.3. The third-order valence-corrected chi connectivity index (χ3v) is 3.28. The molecule has 1 unspecified atom stereocenters. The maximum Gasteiger partial charge on any atom is 0.228 e. The van der Waals surface area contributed by atoms with Crippen molar-refractivity contribution in [1.82, 2.24) is 0 Å². The van der Waals surface area contributed by atoms with Crippen molar-refractivity contribution in [2.75, 3.05) is 20.1 Å². The quantitative estimate of drug-likeness (QED) is 0.781. The zero-order valence-corrected chi connectivity index (χ0v) is 12.6. The summed E-state index contributed by atoms with van der Waals surface area (Å²) in [5, 5.41) is 0. The summed E-state index contributed by atoms with van der Waals surface area (Å²) in [7, 11) is 0. The fourth-order valence-electron chi connectivity index (χ4n) is 2.14. The predicted molar refractivity (Wildman–Crippen MR) is 76.7 cm³/mol. The van der Waals surface area contributed by atoms with Crippen molar-refractivity contribution in [2.24, 2.45) is 5.41 Å². The Morgan fingerprint density at radius 2 is 2.14 bits per heavy atom. The zero-order valence-electron chi connectivity index (χ0n) is 12.6. The molecule has 1 saturated heterocycles. The van der Waals surface area contributed by atoms with Crippen LogP contribution < -0.4 is 9.47 Å². The van der Waals surface area contributed by atoms with E-state index >= 15 is 0 Å². The number of ketones is 1. The Kier molecular flexibility index (Phi) is 4.83. The molecule has 0 aliphatic carbocycles. The molecule has 21 heavy (non-hydrogen) atoms. The van der Waals surface area contributed by atoms with E-state index in [1.807, 2.05) is 20.8 Å². The first-order chi connectivity index (χ1) is 9.91. The number of carbonyl (C=O) groups excluding carboxylic acids is 1. The second-order valence-electron chi connectivity index (χ2n) is 6.10. The van der Waals surface area contributed by atoms with Crippen molar-refractivity contribution in [3.63, 3.8) is 0 Å². The van der Waals surface area contributed by atoms with Gasteiger partial charge in [0.05, 0.1) is 13.2 Å². The smallest absolute Gasteiger partial charge is 0.228 e. The Hall–Kier alpha value is -1.62. The van der Waals surface area contributed by atoms with E-state index in [4.69, 9.17) is 14.2 Å². The van der Waals surface area contributed by atoms with Crippen LogP contribution in [0.4, 0.5) is 4.39 Å². The molecule has 1 fully saturated rings. The van der Waals surface area contributed by atoms with E-state index in [0.29, 0.717) is 30.3 Å². The van der Waals surface area contributed by atoms with Crippen molar-refractivity contribution < 1.29 is 23.4 Å². The molecule has 1 aromatic rings. The van der Waals surface area contributed by atoms with E-state index < -0.39 is 12.3 Å². The second-order valence-corrected chi connectivity index (χ2v) is 6.10. The van der Waals surface area contributed by atoms with Crippen molar-refractivity contribution in [1.29, 1.82) is 0 Å². The van der Waals surface area contributed by atoms with Gasteiger partial charge in [-0.3, -0.25) is 4.79 Å². The molecule has 1 atom stereocenters. The summed E-state index contributed by atoms with van der Waals surface area (Å²) in [6.45, 7) is 5.76. The molecule has 116 valence electrons. The van der Waals surface area contributed by atoms with Crippen LogP contribution in [0.3, 0.4) is 0 Å². The molecule has 0 bridgehead atoms. The summed E-state index contributed by atoms with van der Waals surface area (Å²) in [5.74, 6) is 0.690. The maximum absolute atomic E-state index is 12.5. The predicted octanol–water partition coefficient (Wildman–Crippen LogP) is 3.39.